The van der Waals surface area contributed by atoms with Gasteiger partial charge in [-0.3, -0.25) is 9.59 Å². The van der Waals surface area contributed by atoms with Crippen LogP contribution in [0.3, 0.4) is 0 Å². The van der Waals surface area contributed by atoms with Crippen LogP contribution in [0.4, 0.5) is 0 Å². The van der Waals surface area contributed by atoms with E-state index in [1.165, 1.54) is 7.11 Å². The SMILES string of the molecule is COC(=O)CCNC(=O)c1ccc(C)cc1. The Bertz CT molecular complexity index is 370. The van der Waals surface area contributed by atoms with Gasteiger partial charge < -0.3 is 10.1 Å². The lowest BCUT2D eigenvalue weighted by Gasteiger charge is -2.04. The van der Waals surface area contributed by atoms with Crippen LogP contribution in [0.25, 0.3) is 0 Å². The standard InChI is InChI=1S/C12H15NO3/c1-9-3-5-10(6-4-9)12(15)13-8-7-11(14)16-2/h3-6H,7-8H2,1-2H3,(H,13,15). The largest absolute Gasteiger partial charge is 0.469 e. The number of rotatable bonds is 4. The van der Waals surface area contributed by atoms with Crippen molar-refractivity contribution in [1.82, 2.24) is 5.32 Å². The quantitative estimate of drug-likeness (QED) is 0.779. The van der Waals surface area contributed by atoms with Crippen LogP contribution in [0.5, 0.6) is 0 Å². The monoisotopic (exact) mass is 221 g/mol. The van der Waals surface area contributed by atoms with Gasteiger partial charge in [-0.25, -0.2) is 0 Å². The summed E-state index contributed by atoms with van der Waals surface area (Å²) in [6.45, 7) is 2.25. The summed E-state index contributed by atoms with van der Waals surface area (Å²) >= 11 is 0. The average Bonchev–Trinajstić information content (AvgIpc) is 2.29. The second-order valence-corrected chi connectivity index (χ2v) is 3.45. The number of amides is 1. The van der Waals surface area contributed by atoms with E-state index in [9.17, 15) is 9.59 Å². The first-order valence-electron chi connectivity index (χ1n) is 5.05. The third kappa shape index (κ3) is 3.73. The van der Waals surface area contributed by atoms with Gasteiger partial charge in [0.05, 0.1) is 13.5 Å². The van der Waals surface area contributed by atoms with Crippen molar-refractivity contribution < 1.29 is 14.3 Å². The van der Waals surface area contributed by atoms with Gasteiger partial charge >= 0.3 is 5.97 Å². The van der Waals surface area contributed by atoms with Crippen molar-refractivity contribution in [3.8, 4) is 0 Å². The van der Waals surface area contributed by atoms with Crippen molar-refractivity contribution in [2.24, 2.45) is 0 Å². The zero-order valence-corrected chi connectivity index (χ0v) is 9.45. The predicted octanol–water partition coefficient (Wildman–Crippen LogP) is 1.29. The fraction of sp³-hybridized carbons (Fsp3) is 0.333. The lowest BCUT2D eigenvalue weighted by molar-refractivity contribution is -0.140. The number of hydrogen-bond donors (Lipinski definition) is 1. The van der Waals surface area contributed by atoms with Crippen molar-refractivity contribution in [3.63, 3.8) is 0 Å². The summed E-state index contributed by atoms with van der Waals surface area (Å²) in [6, 6.07) is 7.25. The van der Waals surface area contributed by atoms with Gasteiger partial charge in [0, 0.05) is 12.1 Å². The molecule has 0 heterocycles. The molecule has 1 aromatic rings. The minimum Gasteiger partial charge on any atom is -0.469 e. The molecule has 16 heavy (non-hydrogen) atoms. The van der Waals surface area contributed by atoms with E-state index in [0.717, 1.165) is 5.56 Å². The third-order valence-electron chi connectivity index (χ3n) is 2.16. The molecule has 0 bridgehead atoms. The maximum absolute atomic E-state index is 11.6. The molecule has 86 valence electrons. The number of carbonyl (C=O) groups excluding carboxylic acids is 2. The van der Waals surface area contributed by atoms with Gasteiger partial charge in [0.15, 0.2) is 0 Å². The second-order valence-electron chi connectivity index (χ2n) is 3.45. The number of aryl methyl sites for hydroxylation is 1. The van der Waals surface area contributed by atoms with E-state index < -0.39 is 0 Å². The van der Waals surface area contributed by atoms with Crippen LogP contribution < -0.4 is 5.32 Å². The predicted molar refractivity (Wildman–Crippen MR) is 60.1 cm³/mol. The summed E-state index contributed by atoms with van der Waals surface area (Å²) in [4.78, 5) is 22.4. The number of carbonyl (C=O) groups is 2. The van der Waals surface area contributed by atoms with Crippen molar-refractivity contribution in [1.29, 1.82) is 0 Å². The highest BCUT2D eigenvalue weighted by molar-refractivity contribution is 5.94. The molecule has 0 fully saturated rings. The zero-order chi connectivity index (χ0) is 12.0. The van der Waals surface area contributed by atoms with Crippen LogP contribution in [0.1, 0.15) is 22.3 Å². The molecule has 0 atom stereocenters. The summed E-state index contributed by atoms with van der Waals surface area (Å²) in [5, 5.41) is 2.64. The van der Waals surface area contributed by atoms with Crippen LogP contribution in [0, 0.1) is 6.92 Å². The molecular weight excluding hydrogens is 206 g/mol. The fourth-order valence-corrected chi connectivity index (χ4v) is 1.19. The number of methoxy groups -OCH3 is 1. The molecule has 1 aromatic carbocycles. The maximum atomic E-state index is 11.6. The Morgan fingerprint density at radius 1 is 1.25 bits per heavy atom. The molecule has 0 aromatic heterocycles. The Hall–Kier alpha value is -1.84. The molecule has 0 saturated heterocycles. The molecule has 0 aliphatic heterocycles. The molecule has 1 amide bonds. The summed E-state index contributed by atoms with van der Waals surface area (Å²) in [5.74, 6) is -0.506. The number of nitrogens with one attached hydrogen (secondary N) is 1. The summed E-state index contributed by atoms with van der Waals surface area (Å²) in [7, 11) is 1.32. The van der Waals surface area contributed by atoms with E-state index in [1.807, 2.05) is 19.1 Å². The highest BCUT2D eigenvalue weighted by Crippen LogP contribution is 2.02. The van der Waals surface area contributed by atoms with Gasteiger partial charge in [0.25, 0.3) is 5.91 Å². The zero-order valence-electron chi connectivity index (χ0n) is 9.45. The first-order chi connectivity index (χ1) is 7.63. The lowest BCUT2D eigenvalue weighted by atomic mass is 10.1. The van der Waals surface area contributed by atoms with Gasteiger partial charge in [-0.1, -0.05) is 17.7 Å². The molecule has 0 saturated carbocycles. The third-order valence-corrected chi connectivity index (χ3v) is 2.16. The summed E-state index contributed by atoms with van der Waals surface area (Å²) in [6.07, 6.45) is 0.189. The van der Waals surface area contributed by atoms with Crippen LogP contribution in [-0.2, 0) is 9.53 Å². The Morgan fingerprint density at radius 3 is 2.44 bits per heavy atom. The highest BCUT2D eigenvalue weighted by Gasteiger charge is 2.05. The minimum atomic E-state index is -0.329. The molecule has 0 aliphatic rings. The van der Waals surface area contributed by atoms with Crippen molar-refractivity contribution >= 4 is 11.9 Å². The molecule has 0 spiro atoms. The first-order valence-corrected chi connectivity index (χ1v) is 5.05. The van der Waals surface area contributed by atoms with Gasteiger partial charge in [-0.05, 0) is 19.1 Å². The Balaban J connectivity index is 2.41. The Morgan fingerprint density at radius 2 is 1.88 bits per heavy atom. The van der Waals surface area contributed by atoms with E-state index in [4.69, 9.17) is 0 Å². The van der Waals surface area contributed by atoms with Crippen molar-refractivity contribution in [2.75, 3.05) is 13.7 Å². The molecule has 1 N–H and O–H groups in total. The molecule has 0 aliphatic carbocycles. The van der Waals surface area contributed by atoms with Crippen LogP contribution in [0.15, 0.2) is 24.3 Å². The normalized spacial score (nSPS) is 9.62. The molecule has 4 heteroatoms. The molecule has 1 rings (SSSR count). The van der Waals surface area contributed by atoms with Crippen molar-refractivity contribution in [3.05, 3.63) is 35.4 Å². The summed E-state index contributed by atoms with van der Waals surface area (Å²) < 4.78 is 4.46. The maximum Gasteiger partial charge on any atom is 0.307 e. The van der Waals surface area contributed by atoms with E-state index >= 15 is 0 Å². The van der Waals surface area contributed by atoms with E-state index in [-0.39, 0.29) is 18.3 Å². The van der Waals surface area contributed by atoms with Crippen LogP contribution in [-0.4, -0.2) is 25.5 Å². The highest BCUT2D eigenvalue weighted by atomic mass is 16.5. The molecule has 0 radical (unpaired) electrons. The van der Waals surface area contributed by atoms with Gasteiger partial charge in [0.1, 0.15) is 0 Å². The van der Waals surface area contributed by atoms with Gasteiger partial charge in [-0.2, -0.15) is 0 Å². The second kappa shape index (κ2) is 5.90. The molecule has 4 nitrogen and oxygen atoms in total. The fourth-order valence-electron chi connectivity index (χ4n) is 1.19. The lowest BCUT2D eigenvalue weighted by Crippen LogP contribution is -2.26. The minimum absolute atomic E-state index is 0.177. The van der Waals surface area contributed by atoms with Gasteiger partial charge in [-0.15, -0.1) is 0 Å². The van der Waals surface area contributed by atoms with Gasteiger partial charge in [0.2, 0.25) is 0 Å². The van der Waals surface area contributed by atoms with E-state index in [2.05, 4.69) is 10.1 Å². The van der Waals surface area contributed by atoms with Crippen LogP contribution in [0.2, 0.25) is 0 Å². The van der Waals surface area contributed by atoms with Crippen molar-refractivity contribution in [2.45, 2.75) is 13.3 Å². The van der Waals surface area contributed by atoms with Crippen LogP contribution >= 0.6 is 0 Å². The Kier molecular flexibility index (Phi) is 4.51. The molecule has 0 unspecified atom stereocenters. The molecular formula is C12H15NO3. The topological polar surface area (TPSA) is 55.4 Å². The van der Waals surface area contributed by atoms with E-state index in [0.29, 0.717) is 12.1 Å². The summed E-state index contributed by atoms with van der Waals surface area (Å²) in [5.41, 5.74) is 1.70. The Labute approximate surface area is 94.6 Å². The number of esters is 1. The van der Waals surface area contributed by atoms with E-state index in [1.54, 1.807) is 12.1 Å². The average molecular weight is 221 g/mol. The smallest absolute Gasteiger partial charge is 0.307 e. The number of benzene rings is 1. The first kappa shape index (κ1) is 12.2. The number of hydrogen-bond acceptors (Lipinski definition) is 3. The number of ether oxygens (including phenoxy) is 1.